The average Bonchev–Trinajstić information content (AvgIpc) is 3.08. The molecule has 1 atom stereocenters. The van der Waals surface area contributed by atoms with Gasteiger partial charge in [0.2, 0.25) is 5.91 Å². The Balaban J connectivity index is 1.65. The maximum Gasteiger partial charge on any atom is 0.417 e. The molecule has 0 saturated carbocycles. The van der Waals surface area contributed by atoms with Crippen molar-refractivity contribution in [3.05, 3.63) is 160 Å². The number of pyridine rings is 1. The third kappa shape index (κ3) is 7.18. The Morgan fingerprint density at radius 3 is 1.85 bits per heavy atom. The van der Waals surface area contributed by atoms with E-state index >= 15 is 0 Å². The molecule has 4 aromatic carbocycles. The normalized spacial score (nSPS) is 12.2. The van der Waals surface area contributed by atoms with E-state index < -0.39 is 34.0 Å². The first-order chi connectivity index (χ1) is 22.5. The molecule has 0 unspecified atom stereocenters. The first kappa shape index (κ1) is 33.3. The minimum absolute atomic E-state index is 0.0666. The van der Waals surface area contributed by atoms with Gasteiger partial charge in [-0.05, 0) is 54.3 Å². The molecule has 0 radical (unpaired) electrons. The summed E-state index contributed by atoms with van der Waals surface area (Å²) >= 11 is 1.48. The van der Waals surface area contributed by atoms with Gasteiger partial charge >= 0.3 is 6.18 Å². The molecule has 5 nitrogen and oxygen atoms in total. The molecule has 1 N–H and O–H groups in total. The highest BCUT2D eigenvalue weighted by Gasteiger charge is 2.40. The van der Waals surface area contributed by atoms with Gasteiger partial charge in [-0.15, -0.1) is 11.8 Å². The minimum atomic E-state index is -4.79. The van der Waals surface area contributed by atoms with Crippen molar-refractivity contribution in [2.45, 2.75) is 30.8 Å². The fourth-order valence-electron chi connectivity index (χ4n) is 5.63. The van der Waals surface area contributed by atoms with E-state index in [-0.39, 0.29) is 17.3 Å². The molecular weight excluding hydrogens is 618 g/mol. The molecule has 47 heavy (non-hydrogen) atoms. The van der Waals surface area contributed by atoms with Crippen molar-refractivity contribution in [1.82, 2.24) is 4.98 Å². The number of likely N-dealkylation sites (N-methyl/N-ethyl adjacent to an activating group) is 1. The van der Waals surface area contributed by atoms with E-state index in [1.165, 1.54) is 23.6 Å². The van der Waals surface area contributed by atoms with Gasteiger partial charge in [0, 0.05) is 24.2 Å². The zero-order valence-corrected chi connectivity index (χ0v) is 26.9. The second-order valence-corrected chi connectivity index (χ2v) is 12.4. The van der Waals surface area contributed by atoms with Crippen molar-refractivity contribution in [1.29, 1.82) is 5.26 Å². The molecule has 0 bridgehead atoms. The van der Waals surface area contributed by atoms with E-state index in [2.05, 4.69) is 10.3 Å². The van der Waals surface area contributed by atoms with E-state index in [9.17, 15) is 23.2 Å². The van der Waals surface area contributed by atoms with Crippen LogP contribution in [0.1, 0.15) is 39.1 Å². The molecule has 238 valence electrons. The number of nitriles is 1. The Kier molecular flexibility index (Phi) is 10.0. The molecule has 0 fully saturated rings. The van der Waals surface area contributed by atoms with Gasteiger partial charge in [0.15, 0.2) is 0 Å². The number of aromatic nitrogens is 1. The molecule has 0 aliphatic carbocycles. The maximum absolute atomic E-state index is 14.4. The molecule has 1 amide bonds. The Bertz CT molecular complexity index is 1780. The second kappa shape index (κ2) is 14.1. The van der Waals surface area contributed by atoms with Crippen LogP contribution in [0.15, 0.2) is 121 Å². The SMILES string of the molecule is Cc1cccc(N(C)C(=O)[C@H](CSC(c2ccccc2)(c2ccccc2)c2ccccc2)Nc2nc(C)cc(C(F)(F)F)c2C#N)c1. The summed E-state index contributed by atoms with van der Waals surface area (Å²) in [4.78, 5) is 20.1. The monoisotopic (exact) mass is 650 g/mol. The largest absolute Gasteiger partial charge is 0.417 e. The third-order valence-corrected chi connectivity index (χ3v) is 9.54. The summed E-state index contributed by atoms with van der Waals surface area (Å²) in [5.41, 5.74) is 2.76. The minimum Gasteiger partial charge on any atom is -0.357 e. The summed E-state index contributed by atoms with van der Waals surface area (Å²) in [5, 5.41) is 12.9. The van der Waals surface area contributed by atoms with Crippen LogP contribution in [0.2, 0.25) is 0 Å². The number of nitrogens with one attached hydrogen (secondary N) is 1. The number of hydrogen-bond donors (Lipinski definition) is 1. The Hall–Kier alpha value is -5.07. The summed E-state index contributed by atoms with van der Waals surface area (Å²) in [6.45, 7) is 3.34. The number of carbonyl (C=O) groups is 1. The molecule has 0 aliphatic heterocycles. The van der Waals surface area contributed by atoms with Crippen molar-refractivity contribution in [2.75, 3.05) is 23.0 Å². The number of hydrogen-bond acceptors (Lipinski definition) is 5. The third-order valence-electron chi connectivity index (χ3n) is 7.90. The lowest BCUT2D eigenvalue weighted by atomic mass is 9.84. The van der Waals surface area contributed by atoms with E-state index in [1.54, 1.807) is 19.2 Å². The molecule has 0 aliphatic rings. The number of halogens is 3. The second-order valence-electron chi connectivity index (χ2n) is 11.2. The van der Waals surface area contributed by atoms with Gasteiger partial charge in [-0.1, -0.05) is 103 Å². The van der Waals surface area contributed by atoms with Crippen molar-refractivity contribution < 1.29 is 18.0 Å². The number of rotatable bonds is 10. The van der Waals surface area contributed by atoms with Gasteiger partial charge in [0.25, 0.3) is 0 Å². The van der Waals surface area contributed by atoms with Crippen molar-refractivity contribution in [3.63, 3.8) is 0 Å². The zero-order chi connectivity index (χ0) is 33.6. The van der Waals surface area contributed by atoms with Crippen molar-refractivity contribution in [2.24, 2.45) is 0 Å². The highest BCUT2D eigenvalue weighted by atomic mass is 32.2. The molecule has 0 saturated heterocycles. The number of nitrogens with zero attached hydrogens (tertiary/aromatic N) is 3. The smallest absolute Gasteiger partial charge is 0.357 e. The van der Waals surface area contributed by atoms with Gasteiger partial charge in [0.05, 0.1) is 10.3 Å². The quantitative estimate of drug-likeness (QED) is 0.153. The summed E-state index contributed by atoms with van der Waals surface area (Å²) < 4.78 is 41.4. The first-order valence-corrected chi connectivity index (χ1v) is 15.9. The lowest BCUT2D eigenvalue weighted by Gasteiger charge is -2.37. The van der Waals surface area contributed by atoms with Crippen LogP contribution < -0.4 is 10.2 Å². The lowest BCUT2D eigenvalue weighted by Crippen LogP contribution is -2.44. The van der Waals surface area contributed by atoms with Gasteiger partial charge in [0.1, 0.15) is 23.5 Å². The van der Waals surface area contributed by atoms with Crippen molar-refractivity contribution >= 4 is 29.2 Å². The summed E-state index contributed by atoms with van der Waals surface area (Å²) in [5.74, 6) is -0.580. The van der Waals surface area contributed by atoms with Crippen LogP contribution in [0.25, 0.3) is 0 Å². The van der Waals surface area contributed by atoms with E-state index in [0.29, 0.717) is 5.69 Å². The topological polar surface area (TPSA) is 69.0 Å². The maximum atomic E-state index is 14.4. The molecule has 1 heterocycles. The van der Waals surface area contributed by atoms with Gasteiger partial charge in [-0.25, -0.2) is 4.98 Å². The van der Waals surface area contributed by atoms with Crippen LogP contribution in [0.3, 0.4) is 0 Å². The van der Waals surface area contributed by atoms with Gasteiger partial charge in [-0.3, -0.25) is 4.79 Å². The highest BCUT2D eigenvalue weighted by Crippen LogP contribution is 2.49. The molecule has 5 rings (SSSR count). The number of aryl methyl sites for hydroxylation is 2. The first-order valence-electron chi connectivity index (χ1n) is 14.9. The zero-order valence-electron chi connectivity index (χ0n) is 26.1. The van der Waals surface area contributed by atoms with Crippen LogP contribution in [-0.2, 0) is 15.7 Å². The number of anilines is 2. The highest BCUT2D eigenvalue weighted by molar-refractivity contribution is 8.00. The lowest BCUT2D eigenvalue weighted by molar-refractivity contribution is -0.137. The van der Waals surface area contributed by atoms with E-state index in [4.69, 9.17) is 0 Å². The summed E-state index contributed by atoms with van der Waals surface area (Å²) in [6.07, 6.45) is -4.79. The summed E-state index contributed by atoms with van der Waals surface area (Å²) in [7, 11) is 1.63. The predicted octanol–water partition coefficient (Wildman–Crippen LogP) is 8.76. The predicted molar refractivity (Wildman–Crippen MR) is 182 cm³/mol. The number of benzene rings is 4. The number of carbonyl (C=O) groups excluding carboxylic acids is 1. The van der Waals surface area contributed by atoms with Gasteiger partial charge in [-0.2, -0.15) is 18.4 Å². The standard InChI is InChI=1S/C38H33F3N4OS/c1-26-14-13-21-31(22-26)45(3)36(46)34(44-35-32(24-42)33(38(39,40)41)23-27(2)43-35)25-47-37(28-15-7-4-8-16-28,29-17-9-5-10-18-29)30-19-11-6-12-20-30/h4-23,34H,25H2,1-3H3,(H,43,44)/t34-/m0/s1. The Morgan fingerprint density at radius 2 is 1.38 bits per heavy atom. The van der Waals surface area contributed by atoms with Crippen LogP contribution in [0, 0.1) is 25.2 Å². The van der Waals surface area contributed by atoms with E-state index in [0.717, 1.165) is 28.3 Å². The molecule has 5 aromatic rings. The van der Waals surface area contributed by atoms with E-state index in [1.807, 2.05) is 116 Å². The number of thioether (sulfide) groups is 1. The molecule has 0 spiro atoms. The fraction of sp³-hybridized carbons (Fsp3) is 0.184. The number of alkyl halides is 3. The molecule has 9 heteroatoms. The van der Waals surface area contributed by atoms with Crippen LogP contribution in [-0.4, -0.2) is 29.7 Å². The fourth-order valence-corrected chi connectivity index (χ4v) is 7.18. The van der Waals surface area contributed by atoms with Gasteiger partial charge < -0.3 is 10.2 Å². The average molecular weight is 651 g/mol. The van der Waals surface area contributed by atoms with Crippen LogP contribution in [0.4, 0.5) is 24.7 Å². The molecule has 1 aromatic heterocycles. The molecular formula is C38H33F3N4OS. The van der Waals surface area contributed by atoms with Crippen LogP contribution >= 0.6 is 11.8 Å². The Labute approximate surface area is 277 Å². The summed E-state index contributed by atoms with van der Waals surface area (Å²) in [6, 6.07) is 38.6. The Morgan fingerprint density at radius 1 is 0.851 bits per heavy atom. The number of amides is 1. The van der Waals surface area contributed by atoms with Crippen molar-refractivity contribution in [3.8, 4) is 6.07 Å². The van der Waals surface area contributed by atoms with Crippen LogP contribution in [0.5, 0.6) is 0 Å².